The van der Waals surface area contributed by atoms with Gasteiger partial charge in [0.05, 0.1) is 11.8 Å². The molecule has 0 heterocycles. The standard InChI is InChI=1S/C21H15ClFN3O2S/c22-16-5-3-15(4-6-16)20(27)28-19-11-1-14(2-12-19)13-24-26-21(29)25-18-9-7-17(23)8-10-18/h1-13H,(H2,25,26,29). The maximum atomic E-state index is 12.9. The van der Waals surface area contributed by atoms with Crippen LogP contribution in [0.2, 0.25) is 5.02 Å². The quantitative estimate of drug-likeness (QED) is 0.197. The number of thiocarbonyl (C=S) groups is 1. The van der Waals surface area contributed by atoms with Gasteiger partial charge in [-0.3, -0.25) is 5.43 Å². The maximum absolute atomic E-state index is 12.9. The van der Waals surface area contributed by atoms with Crippen LogP contribution in [0.15, 0.2) is 77.9 Å². The average Bonchev–Trinajstić information content (AvgIpc) is 2.71. The van der Waals surface area contributed by atoms with Crippen LogP contribution in [-0.2, 0) is 0 Å². The van der Waals surface area contributed by atoms with Gasteiger partial charge >= 0.3 is 5.97 Å². The number of anilines is 1. The number of hydrazone groups is 1. The summed E-state index contributed by atoms with van der Waals surface area (Å²) in [6.07, 6.45) is 1.56. The molecular formula is C21H15ClFN3O2S. The highest BCUT2D eigenvalue weighted by Crippen LogP contribution is 2.15. The zero-order chi connectivity index (χ0) is 20.6. The van der Waals surface area contributed by atoms with E-state index < -0.39 is 5.97 Å². The second kappa shape index (κ2) is 9.77. The molecule has 29 heavy (non-hydrogen) atoms. The summed E-state index contributed by atoms with van der Waals surface area (Å²) in [5.74, 6) is -0.389. The first-order valence-corrected chi connectivity index (χ1v) is 9.22. The maximum Gasteiger partial charge on any atom is 0.343 e. The summed E-state index contributed by atoms with van der Waals surface area (Å²) < 4.78 is 18.2. The molecule has 2 N–H and O–H groups in total. The second-order valence-electron chi connectivity index (χ2n) is 5.80. The van der Waals surface area contributed by atoms with E-state index in [0.29, 0.717) is 22.0 Å². The smallest absolute Gasteiger partial charge is 0.343 e. The first-order chi connectivity index (χ1) is 14.0. The summed E-state index contributed by atoms with van der Waals surface area (Å²) in [6, 6.07) is 19.0. The Labute approximate surface area is 177 Å². The van der Waals surface area contributed by atoms with Crippen molar-refractivity contribution in [1.29, 1.82) is 0 Å². The Morgan fingerprint density at radius 3 is 2.31 bits per heavy atom. The van der Waals surface area contributed by atoms with Gasteiger partial charge in [0.1, 0.15) is 11.6 Å². The summed E-state index contributed by atoms with van der Waals surface area (Å²) in [5.41, 5.74) is 4.49. The number of halogens is 2. The Morgan fingerprint density at radius 2 is 1.66 bits per heavy atom. The van der Waals surface area contributed by atoms with Crippen molar-refractivity contribution in [3.8, 4) is 5.75 Å². The van der Waals surface area contributed by atoms with Crippen LogP contribution in [0.5, 0.6) is 5.75 Å². The highest BCUT2D eigenvalue weighted by Gasteiger charge is 2.08. The molecule has 0 aromatic heterocycles. The molecule has 8 heteroatoms. The predicted octanol–water partition coefficient (Wildman–Crippen LogP) is 5.02. The minimum Gasteiger partial charge on any atom is -0.423 e. The lowest BCUT2D eigenvalue weighted by molar-refractivity contribution is 0.0735. The van der Waals surface area contributed by atoms with E-state index >= 15 is 0 Å². The highest BCUT2D eigenvalue weighted by atomic mass is 35.5. The molecule has 146 valence electrons. The average molecular weight is 428 g/mol. The van der Waals surface area contributed by atoms with Crippen LogP contribution in [0.3, 0.4) is 0 Å². The Kier molecular flexibility index (Phi) is 6.89. The molecule has 5 nitrogen and oxygen atoms in total. The lowest BCUT2D eigenvalue weighted by atomic mass is 10.2. The summed E-state index contributed by atoms with van der Waals surface area (Å²) in [4.78, 5) is 12.1. The molecule has 3 rings (SSSR count). The van der Waals surface area contributed by atoms with E-state index in [9.17, 15) is 9.18 Å². The predicted molar refractivity (Wildman–Crippen MR) is 116 cm³/mol. The number of ether oxygens (including phenoxy) is 1. The number of hydrogen-bond acceptors (Lipinski definition) is 4. The van der Waals surface area contributed by atoms with Crippen LogP contribution in [-0.4, -0.2) is 17.3 Å². The van der Waals surface area contributed by atoms with E-state index in [2.05, 4.69) is 15.8 Å². The van der Waals surface area contributed by atoms with E-state index in [1.807, 2.05) is 0 Å². The molecule has 0 aliphatic heterocycles. The molecule has 0 aliphatic carbocycles. The molecule has 0 radical (unpaired) electrons. The number of carbonyl (C=O) groups excluding carboxylic acids is 1. The molecule has 3 aromatic carbocycles. The van der Waals surface area contributed by atoms with Crippen LogP contribution in [0.4, 0.5) is 10.1 Å². The zero-order valence-electron chi connectivity index (χ0n) is 14.9. The van der Waals surface area contributed by atoms with E-state index in [1.165, 1.54) is 12.1 Å². The van der Waals surface area contributed by atoms with Gasteiger partial charge in [0.25, 0.3) is 0 Å². The Bertz CT molecular complexity index is 1020. The van der Waals surface area contributed by atoms with Gasteiger partial charge in [-0.05, 0) is 90.6 Å². The fourth-order valence-electron chi connectivity index (χ4n) is 2.23. The fourth-order valence-corrected chi connectivity index (χ4v) is 2.53. The van der Waals surface area contributed by atoms with Gasteiger partial charge in [-0.25, -0.2) is 9.18 Å². The summed E-state index contributed by atoms with van der Waals surface area (Å²) in [6.45, 7) is 0. The minimum absolute atomic E-state index is 0.265. The molecule has 0 unspecified atom stereocenters. The molecule has 3 aromatic rings. The first-order valence-electron chi connectivity index (χ1n) is 8.43. The molecule has 0 saturated heterocycles. The number of esters is 1. The number of nitrogens with one attached hydrogen (secondary N) is 2. The van der Waals surface area contributed by atoms with Crippen molar-refractivity contribution in [2.75, 3.05) is 5.32 Å². The molecule has 0 aliphatic rings. The van der Waals surface area contributed by atoms with Crippen molar-refractivity contribution >= 4 is 46.8 Å². The monoisotopic (exact) mass is 427 g/mol. The highest BCUT2D eigenvalue weighted by molar-refractivity contribution is 7.80. The van der Waals surface area contributed by atoms with Gasteiger partial charge in [-0.15, -0.1) is 0 Å². The molecule has 0 fully saturated rings. The van der Waals surface area contributed by atoms with Gasteiger partial charge < -0.3 is 10.1 Å². The lowest BCUT2D eigenvalue weighted by Crippen LogP contribution is -2.23. The van der Waals surface area contributed by atoms with Crippen LogP contribution < -0.4 is 15.5 Å². The largest absolute Gasteiger partial charge is 0.423 e. The zero-order valence-corrected chi connectivity index (χ0v) is 16.5. The third kappa shape index (κ3) is 6.38. The van der Waals surface area contributed by atoms with E-state index in [-0.39, 0.29) is 10.9 Å². The van der Waals surface area contributed by atoms with Crippen LogP contribution in [0.1, 0.15) is 15.9 Å². The Hall–Kier alpha value is -3.29. The first kappa shape index (κ1) is 20.4. The topological polar surface area (TPSA) is 62.7 Å². The van der Waals surface area contributed by atoms with Gasteiger partial charge in [-0.2, -0.15) is 5.10 Å². The summed E-state index contributed by atoms with van der Waals surface area (Å²) >= 11 is 10.9. The van der Waals surface area contributed by atoms with Crippen LogP contribution in [0, 0.1) is 5.82 Å². The molecule has 0 saturated carbocycles. The van der Waals surface area contributed by atoms with Crippen LogP contribution >= 0.6 is 23.8 Å². The number of benzene rings is 3. The molecule has 0 amide bonds. The van der Waals surface area contributed by atoms with E-state index in [0.717, 1.165) is 5.56 Å². The normalized spacial score (nSPS) is 10.6. The third-order valence-corrected chi connectivity index (χ3v) is 4.10. The molecule has 0 bridgehead atoms. The minimum atomic E-state index is -0.470. The Balaban J connectivity index is 1.50. The molecule has 0 atom stereocenters. The van der Waals surface area contributed by atoms with Crippen molar-refractivity contribution in [3.05, 3.63) is 94.8 Å². The SMILES string of the molecule is O=C(Oc1ccc(C=NNC(=S)Nc2ccc(F)cc2)cc1)c1ccc(Cl)cc1. The third-order valence-electron chi connectivity index (χ3n) is 3.65. The van der Waals surface area contributed by atoms with E-state index in [4.69, 9.17) is 28.6 Å². The van der Waals surface area contributed by atoms with Gasteiger partial charge in [0.2, 0.25) is 0 Å². The van der Waals surface area contributed by atoms with Gasteiger partial charge in [0.15, 0.2) is 5.11 Å². The Morgan fingerprint density at radius 1 is 1.00 bits per heavy atom. The van der Waals surface area contributed by atoms with Crippen molar-refractivity contribution in [3.63, 3.8) is 0 Å². The lowest BCUT2D eigenvalue weighted by Gasteiger charge is -2.06. The van der Waals surface area contributed by atoms with E-state index in [1.54, 1.807) is 66.9 Å². The number of carbonyl (C=O) groups is 1. The number of rotatable bonds is 5. The van der Waals surface area contributed by atoms with Gasteiger partial charge in [-0.1, -0.05) is 11.6 Å². The van der Waals surface area contributed by atoms with Gasteiger partial charge in [0, 0.05) is 10.7 Å². The molecule has 0 spiro atoms. The molecular weight excluding hydrogens is 413 g/mol. The second-order valence-corrected chi connectivity index (χ2v) is 6.64. The summed E-state index contributed by atoms with van der Waals surface area (Å²) in [5, 5.41) is 7.72. The number of nitrogens with zero attached hydrogens (tertiary/aromatic N) is 1. The van der Waals surface area contributed by atoms with Crippen molar-refractivity contribution in [2.24, 2.45) is 5.10 Å². The van der Waals surface area contributed by atoms with Crippen LogP contribution in [0.25, 0.3) is 0 Å². The summed E-state index contributed by atoms with van der Waals surface area (Å²) in [7, 11) is 0. The van der Waals surface area contributed by atoms with Crippen molar-refractivity contribution in [2.45, 2.75) is 0 Å². The fraction of sp³-hybridized carbons (Fsp3) is 0. The number of hydrogen-bond donors (Lipinski definition) is 2. The van der Waals surface area contributed by atoms with Crippen molar-refractivity contribution in [1.82, 2.24) is 5.43 Å². The van der Waals surface area contributed by atoms with Crippen molar-refractivity contribution < 1.29 is 13.9 Å².